The summed E-state index contributed by atoms with van der Waals surface area (Å²) in [4.78, 5) is 8.74. The third-order valence-corrected chi connectivity index (χ3v) is 3.81. The van der Waals surface area contributed by atoms with Crippen molar-refractivity contribution in [3.63, 3.8) is 0 Å². The second-order valence-electron chi connectivity index (χ2n) is 5.77. The predicted molar refractivity (Wildman–Crippen MR) is 116 cm³/mol. The molecule has 2 aromatic carbocycles. The van der Waals surface area contributed by atoms with E-state index in [1.54, 1.807) is 13.3 Å². The minimum atomic E-state index is 0. The van der Waals surface area contributed by atoms with Crippen molar-refractivity contribution in [2.24, 2.45) is 4.99 Å². The Hall–Kier alpha value is -2.35. The van der Waals surface area contributed by atoms with Crippen LogP contribution < -0.4 is 10.6 Å². The lowest BCUT2D eigenvalue weighted by molar-refractivity contribution is 0.572. The zero-order valence-electron chi connectivity index (χ0n) is 14.9. The molecule has 0 aliphatic carbocycles. The van der Waals surface area contributed by atoms with Gasteiger partial charge in [-0.15, -0.1) is 24.0 Å². The van der Waals surface area contributed by atoms with Crippen molar-refractivity contribution in [2.75, 3.05) is 7.05 Å². The first-order chi connectivity index (χ1) is 12.2. The van der Waals surface area contributed by atoms with Gasteiger partial charge in [-0.1, -0.05) is 48.0 Å². The van der Waals surface area contributed by atoms with Crippen LogP contribution in [-0.4, -0.2) is 18.0 Å². The molecule has 0 bridgehead atoms. The SMILES string of the molecule is CN=C(NCc1ccc(C)cc1)NCc1coc(-c2ccccc2)n1.I. The van der Waals surface area contributed by atoms with E-state index in [2.05, 4.69) is 51.8 Å². The number of benzene rings is 2. The Kier molecular flexibility index (Phi) is 7.65. The maximum absolute atomic E-state index is 5.55. The average molecular weight is 462 g/mol. The first-order valence-corrected chi connectivity index (χ1v) is 8.24. The molecule has 26 heavy (non-hydrogen) atoms. The lowest BCUT2D eigenvalue weighted by atomic mass is 10.1. The van der Waals surface area contributed by atoms with Gasteiger partial charge in [0.15, 0.2) is 5.96 Å². The van der Waals surface area contributed by atoms with Crippen LogP contribution in [0.3, 0.4) is 0 Å². The van der Waals surface area contributed by atoms with E-state index in [0.29, 0.717) is 19.0 Å². The van der Waals surface area contributed by atoms with Crippen LogP contribution in [0.1, 0.15) is 16.8 Å². The van der Waals surface area contributed by atoms with Crippen LogP contribution >= 0.6 is 24.0 Å². The second kappa shape index (κ2) is 9.96. The average Bonchev–Trinajstić information content (AvgIpc) is 3.13. The standard InChI is InChI=1S/C20H22N4O.HI/c1-15-8-10-16(11-9-15)12-22-20(21-2)23-13-18-14-25-19(24-18)17-6-4-3-5-7-17;/h3-11,14H,12-13H2,1-2H3,(H2,21,22,23);1H. The topological polar surface area (TPSA) is 62.5 Å². The number of hydrogen-bond acceptors (Lipinski definition) is 3. The highest BCUT2D eigenvalue weighted by Gasteiger charge is 2.07. The number of nitrogens with zero attached hydrogens (tertiary/aromatic N) is 2. The molecule has 6 heteroatoms. The summed E-state index contributed by atoms with van der Waals surface area (Å²) >= 11 is 0. The molecule has 0 spiro atoms. The van der Waals surface area contributed by atoms with E-state index in [9.17, 15) is 0 Å². The van der Waals surface area contributed by atoms with Crippen molar-refractivity contribution in [1.29, 1.82) is 0 Å². The summed E-state index contributed by atoms with van der Waals surface area (Å²) in [5.41, 5.74) is 4.26. The summed E-state index contributed by atoms with van der Waals surface area (Å²) in [6.45, 7) is 3.34. The van der Waals surface area contributed by atoms with Crippen molar-refractivity contribution < 1.29 is 4.42 Å². The van der Waals surface area contributed by atoms with Crippen molar-refractivity contribution in [2.45, 2.75) is 20.0 Å². The lowest BCUT2D eigenvalue weighted by Crippen LogP contribution is -2.36. The maximum atomic E-state index is 5.55. The highest BCUT2D eigenvalue weighted by molar-refractivity contribution is 14.0. The summed E-state index contributed by atoms with van der Waals surface area (Å²) in [5.74, 6) is 1.35. The lowest BCUT2D eigenvalue weighted by Gasteiger charge is -2.11. The van der Waals surface area contributed by atoms with Crippen molar-refractivity contribution in [3.8, 4) is 11.5 Å². The highest BCUT2D eigenvalue weighted by Crippen LogP contribution is 2.17. The molecule has 136 valence electrons. The van der Waals surface area contributed by atoms with Crippen LogP contribution in [0.25, 0.3) is 11.5 Å². The number of hydrogen-bond donors (Lipinski definition) is 2. The summed E-state index contributed by atoms with van der Waals surface area (Å²) in [7, 11) is 1.75. The molecular weight excluding hydrogens is 439 g/mol. The van der Waals surface area contributed by atoms with Crippen LogP contribution in [0.5, 0.6) is 0 Å². The fraction of sp³-hybridized carbons (Fsp3) is 0.200. The fourth-order valence-electron chi connectivity index (χ4n) is 2.39. The largest absolute Gasteiger partial charge is 0.444 e. The second-order valence-corrected chi connectivity index (χ2v) is 5.77. The zero-order chi connectivity index (χ0) is 17.5. The Balaban J connectivity index is 0.00000243. The maximum Gasteiger partial charge on any atom is 0.226 e. The molecule has 0 radical (unpaired) electrons. The van der Waals surface area contributed by atoms with Crippen molar-refractivity contribution >= 4 is 29.9 Å². The van der Waals surface area contributed by atoms with Crippen LogP contribution in [0.4, 0.5) is 0 Å². The van der Waals surface area contributed by atoms with Gasteiger partial charge in [-0.05, 0) is 24.6 Å². The van der Waals surface area contributed by atoms with E-state index < -0.39 is 0 Å². The van der Waals surface area contributed by atoms with E-state index in [4.69, 9.17) is 4.42 Å². The quantitative estimate of drug-likeness (QED) is 0.340. The van der Waals surface area contributed by atoms with Gasteiger partial charge in [0.25, 0.3) is 0 Å². The smallest absolute Gasteiger partial charge is 0.226 e. The van der Waals surface area contributed by atoms with Crippen LogP contribution in [0.15, 0.2) is 70.3 Å². The minimum absolute atomic E-state index is 0. The molecular formula is C20H23IN4O. The van der Waals surface area contributed by atoms with E-state index in [1.807, 2.05) is 30.3 Å². The number of aryl methyl sites for hydroxylation is 1. The Morgan fingerprint density at radius 3 is 2.38 bits per heavy atom. The normalized spacial score (nSPS) is 10.9. The van der Waals surface area contributed by atoms with Gasteiger partial charge >= 0.3 is 0 Å². The van der Waals surface area contributed by atoms with Gasteiger partial charge in [-0.3, -0.25) is 4.99 Å². The Bertz CT molecular complexity index is 829. The van der Waals surface area contributed by atoms with Gasteiger partial charge in [0.05, 0.1) is 12.2 Å². The van der Waals surface area contributed by atoms with Crippen LogP contribution in [0.2, 0.25) is 0 Å². The van der Waals surface area contributed by atoms with E-state index in [0.717, 1.165) is 17.2 Å². The zero-order valence-corrected chi connectivity index (χ0v) is 17.2. The van der Waals surface area contributed by atoms with E-state index >= 15 is 0 Å². The van der Waals surface area contributed by atoms with Crippen LogP contribution in [-0.2, 0) is 13.1 Å². The Morgan fingerprint density at radius 1 is 1.00 bits per heavy atom. The van der Waals surface area contributed by atoms with Gasteiger partial charge in [0.2, 0.25) is 5.89 Å². The molecule has 2 N–H and O–H groups in total. The minimum Gasteiger partial charge on any atom is -0.444 e. The van der Waals surface area contributed by atoms with E-state index in [1.165, 1.54) is 11.1 Å². The molecule has 1 heterocycles. The molecule has 3 rings (SSSR count). The summed E-state index contributed by atoms with van der Waals surface area (Å²) < 4.78 is 5.55. The number of nitrogens with one attached hydrogen (secondary N) is 2. The first-order valence-electron chi connectivity index (χ1n) is 8.24. The molecule has 0 saturated carbocycles. The predicted octanol–water partition coefficient (Wildman–Crippen LogP) is 4.13. The monoisotopic (exact) mass is 462 g/mol. The highest BCUT2D eigenvalue weighted by atomic mass is 127. The molecule has 0 aliphatic rings. The van der Waals surface area contributed by atoms with Gasteiger partial charge in [-0.25, -0.2) is 4.98 Å². The number of oxazole rings is 1. The summed E-state index contributed by atoms with van der Waals surface area (Å²) in [5, 5.41) is 6.54. The first kappa shape index (κ1) is 20.0. The molecule has 0 fully saturated rings. The van der Waals surface area contributed by atoms with Gasteiger partial charge < -0.3 is 15.1 Å². The molecule has 0 atom stereocenters. The third kappa shape index (κ3) is 5.59. The Morgan fingerprint density at radius 2 is 1.69 bits per heavy atom. The number of aliphatic imine (C=N–C) groups is 1. The molecule has 0 unspecified atom stereocenters. The number of rotatable bonds is 5. The third-order valence-electron chi connectivity index (χ3n) is 3.81. The van der Waals surface area contributed by atoms with Gasteiger partial charge in [-0.2, -0.15) is 0 Å². The van der Waals surface area contributed by atoms with E-state index in [-0.39, 0.29) is 24.0 Å². The van der Waals surface area contributed by atoms with Crippen molar-refractivity contribution in [1.82, 2.24) is 15.6 Å². The van der Waals surface area contributed by atoms with Crippen LogP contribution in [0, 0.1) is 6.92 Å². The molecule has 0 amide bonds. The Labute approximate surface area is 171 Å². The fourth-order valence-corrected chi connectivity index (χ4v) is 2.39. The van der Waals surface area contributed by atoms with Gasteiger partial charge in [0.1, 0.15) is 6.26 Å². The molecule has 0 aliphatic heterocycles. The van der Waals surface area contributed by atoms with Gasteiger partial charge in [0, 0.05) is 19.2 Å². The van der Waals surface area contributed by atoms with Crippen molar-refractivity contribution in [3.05, 3.63) is 77.7 Å². The molecule has 5 nitrogen and oxygen atoms in total. The molecule has 3 aromatic rings. The number of aromatic nitrogens is 1. The summed E-state index contributed by atoms with van der Waals surface area (Å²) in [6.07, 6.45) is 1.67. The summed E-state index contributed by atoms with van der Waals surface area (Å²) in [6, 6.07) is 18.3. The molecule has 1 aromatic heterocycles. The number of guanidine groups is 1. The molecule has 0 saturated heterocycles. The number of halogens is 1.